The lowest BCUT2D eigenvalue weighted by atomic mass is 10.1. The van der Waals surface area contributed by atoms with Crippen LogP contribution in [0.5, 0.6) is 0 Å². The van der Waals surface area contributed by atoms with Crippen LogP contribution in [0.15, 0.2) is 11.1 Å². The van der Waals surface area contributed by atoms with Crippen molar-refractivity contribution in [3.63, 3.8) is 0 Å². The lowest BCUT2D eigenvalue weighted by Gasteiger charge is -2.13. The topological polar surface area (TPSA) is 20.2 Å². The largest absolute Gasteiger partial charge is 0.389 e. The van der Waals surface area contributed by atoms with Crippen LogP contribution in [-0.2, 0) is 0 Å². The molecule has 1 nitrogen and oxygen atoms in total. The Balaban J connectivity index is 2.67. The van der Waals surface area contributed by atoms with Crippen LogP contribution in [0.4, 0.5) is 0 Å². The summed E-state index contributed by atoms with van der Waals surface area (Å²) in [7, 11) is 0. The number of halogens is 2. The van der Waals surface area contributed by atoms with Crippen LogP contribution in [0.3, 0.4) is 0 Å². The van der Waals surface area contributed by atoms with Crippen LogP contribution >= 0.6 is 23.2 Å². The highest BCUT2D eigenvalue weighted by atomic mass is 35.5. The van der Waals surface area contributed by atoms with Gasteiger partial charge in [-0.25, -0.2) is 0 Å². The zero-order valence-electron chi connectivity index (χ0n) is 6.26. The maximum atomic E-state index is 9.48. The predicted molar refractivity (Wildman–Crippen MR) is 48.1 cm³/mol. The van der Waals surface area contributed by atoms with Crippen molar-refractivity contribution in [2.45, 2.75) is 37.2 Å². The molecule has 1 aliphatic rings. The first-order chi connectivity index (χ1) is 5.25. The average Bonchev–Trinajstić information content (AvgIpc) is 2.12. The fourth-order valence-corrected chi connectivity index (χ4v) is 2.07. The standard InChI is InChI=1S/C8H12Cl2O/c9-5-6-7(10)3-1-2-4-8(6)11/h5,7-8,11H,1-4H2/b6-5+. The molecule has 11 heavy (non-hydrogen) atoms. The second-order valence-corrected chi connectivity index (χ2v) is 3.62. The van der Waals surface area contributed by atoms with Crippen molar-refractivity contribution >= 4 is 23.2 Å². The minimum atomic E-state index is -0.419. The summed E-state index contributed by atoms with van der Waals surface area (Å²) in [6.07, 6.45) is 3.43. The number of hydrogen-bond acceptors (Lipinski definition) is 1. The van der Waals surface area contributed by atoms with Gasteiger partial charge >= 0.3 is 0 Å². The van der Waals surface area contributed by atoms with E-state index in [0.29, 0.717) is 0 Å². The highest BCUT2D eigenvalue weighted by Crippen LogP contribution is 2.27. The van der Waals surface area contributed by atoms with E-state index in [4.69, 9.17) is 23.2 Å². The van der Waals surface area contributed by atoms with Gasteiger partial charge in [0.05, 0.1) is 11.5 Å². The van der Waals surface area contributed by atoms with E-state index in [2.05, 4.69) is 0 Å². The molecule has 1 N–H and O–H groups in total. The highest BCUT2D eigenvalue weighted by Gasteiger charge is 2.21. The molecule has 1 rings (SSSR count). The van der Waals surface area contributed by atoms with E-state index in [1.807, 2.05) is 0 Å². The third kappa shape index (κ3) is 2.36. The first-order valence-corrected chi connectivity index (χ1v) is 4.75. The van der Waals surface area contributed by atoms with Gasteiger partial charge in [0.25, 0.3) is 0 Å². The Kier molecular flexibility index (Phi) is 3.70. The summed E-state index contributed by atoms with van der Waals surface area (Å²) in [6.45, 7) is 0. The van der Waals surface area contributed by atoms with Crippen molar-refractivity contribution in [2.24, 2.45) is 0 Å². The second-order valence-electron chi connectivity index (χ2n) is 2.88. The summed E-state index contributed by atoms with van der Waals surface area (Å²) in [6, 6.07) is 0. The fourth-order valence-electron chi connectivity index (χ4n) is 1.34. The summed E-state index contributed by atoms with van der Waals surface area (Å²) in [5, 5.41) is 9.42. The van der Waals surface area contributed by atoms with Gasteiger partial charge in [-0.05, 0) is 18.4 Å². The van der Waals surface area contributed by atoms with Gasteiger partial charge < -0.3 is 5.11 Å². The van der Waals surface area contributed by atoms with E-state index in [-0.39, 0.29) is 5.38 Å². The second kappa shape index (κ2) is 4.34. The van der Waals surface area contributed by atoms with E-state index in [1.165, 1.54) is 5.54 Å². The Morgan fingerprint density at radius 2 is 2.00 bits per heavy atom. The van der Waals surface area contributed by atoms with E-state index in [9.17, 15) is 5.11 Å². The Labute approximate surface area is 77.0 Å². The molecular weight excluding hydrogens is 183 g/mol. The summed E-state index contributed by atoms with van der Waals surface area (Å²) < 4.78 is 0. The number of aliphatic hydroxyl groups excluding tert-OH is 1. The van der Waals surface area contributed by atoms with E-state index in [1.54, 1.807) is 0 Å². The van der Waals surface area contributed by atoms with Gasteiger partial charge in [-0.1, -0.05) is 24.4 Å². The third-order valence-corrected chi connectivity index (χ3v) is 2.78. The first-order valence-electron chi connectivity index (χ1n) is 3.88. The summed E-state index contributed by atoms with van der Waals surface area (Å²) >= 11 is 11.5. The summed E-state index contributed by atoms with van der Waals surface area (Å²) in [4.78, 5) is 0. The molecule has 2 unspecified atom stereocenters. The van der Waals surface area contributed by atoms with Crippen LogP contribution in [0, 0.1) is 0 Å². The quantitative estimate of drug-likeness (QED) is 0.465. The molecule has 3 heteroatoms. The van der Waals surface area contributed by atoms with Crippen molar-refractivity contribution in [1.82, 2.24) is 0 Å². The molecule has 0 aromatic carbocycles. The molecule has 0 saturated heterocycles. The van der Waals surface area contributed by atoms with Gasteiger partial charge in [0.1, 0.15) is 0 Å². The van der Waals surface area contributed by atoms with Crippen molar-refractivity contribution in [1.29, 1.82) is 0 Å². The molecule has 1 saturated carbocycles. The van der Waals surface area contributed by atoms with Gasteiger partial charge in [0.2, 0.25) is 0 Å². The molecule has 64 valence electrons. The van der Waals surface area contributed by atoms with Gasteiger partial charge in [-0.3, -0.25) is 0 Å². The maximum Gasteiger partial charge on any atom is 0.0775 e. The van der Waals surface area contributed by atoms with Crippen LogP contribution in [0.1, 0.15) is 25.7 Å². The Morgan fingerprint density at radius 3 is 2.64 bits per heavy atom. The van der Waals surface area contributed by atoms with Gasteiger partial charge in [0, 0.05) is 5.54 Å². The van der Waals surface area contributed by atoms with E-state index in [0.717, 1.165) is 31.3 Å². The lowest BCUT2D eigenvalue weighted by Crippen LogP contribution is -2.14. The number of rotatable bonds is 0. The first kappa shape index (κ1) is 9.37. The minimum Gasteiger partial charge on any atom is -0.389 e. The number of alkyl halides is 1. The van der Waals surface area contributed by atoms with Crippen molar-refractivity contribution < 1.29 is 5.11 Å². The lowest BCUT2D eigenvalue weighted by molar-refractivity contribution is 0.200. The van der Waals surface area contributed by atoms with Crippen molar-refractivity contribution in [3.8, 4) is 0 Å². The van der Waals surface area contributed by atoms with Crippen LogP contribution in [0.25, 0.3) is 0 Å². The van der Waals surface area contributed by atoms with Crippen molar-refractivity contribution in [3.05, 3.63) is 11.1 Å². The highest BCUT2D eigenvalue weighted by molar-refractivity contribution is 6.28. The van der Waals surface area contributed by atoms with Crippen LogP contribution < -0.4 is 0 Å². The third-order valence-electron chi connectivity index (χ3n) is 2.06. The molecule has 0 aromatic heterocycles. The normalized spacial score (nSPS) is 37.2. The minimum absolute atomic E-state index is 0.0648. The molecule has 0 aliphatic heterocycles. The van der Waals surface area contributed by atoms with Crippen LogP contribution in [0.2, 0.25) is 0 Å². The zero-order valence-corrected chi connectivity index (χ0v) is 7.78. The molecule has 0 aromatic rings. The average molecular weight is 195 g/mol. The molecule has 0 heterocycles. The monoisotopic (exact) mass is 194 g/mol. The molecule has 0 radical (unpaired) electrons. The molecule has 0 bridgehead atoms. The maximum absolute atomic E-state index is 9.48. The molecular formula is C8H12Cl2O. The Morgan fingerprint density at radius 1 is 1.36 bits per heavy atom. The molecule has 1 fully saturated rings. The van der Waals surface area contributed by atoms with E-state index < -0.39 is 6.10 Å². The van der Waals surface area contributed by atoms with Crippen LogP contribution in [-0.4, -0.2) is 16.6 Å². The SMILES string of the molecule is OC1CCCCC(Cl)/C1=C\Cl. The molecule has 0 amide bonds. The number of aliphatic hydroxyl groups is 1. The summed E-state index contributed by atoms with van der Waals surface area (Å²) in [5.74, 6) is 0. The Bertz CT molecular complexity index is 142. The molecule has 0 spiro atoms. The fraction of sp³-hybridized carbons (Fsp3) is 0.750. The summed E-state index contributed by atoms with van der Waals surface area (Å²) in [5.41, 5.74) is 2.21. The van der Waals surface area contributed by atoms with Gasteiger partial charge in [-0.2, -0.15) is 0 Å². The van der Waals surface area contributed by atoms with Crippen molar-refractivity contribution in [2.75, 3.05) is 0 Å². The van der Waals surface area contributed by atoms with Gasteiger partial charge in [-0.15, -0.1) is 11.6 Å². The predicted octanol–water partition coefficient (Wildman–Crippen LogP) is 2.65. The smallest absolute Gasteiger partial charge is 0.0775 e. The number of hydrogen-bond donors (Lipinski definition) is 1. The zero-order chi connectivity index (χ0) is 8.27. The molecule has 1 aliphatic carbocycles. The van der Waals surface area contributed by atoms with Gasteiger partial charge in [0.15, 0.2) is 0 Å². The van der Waals surface area contributed by atoms with E-state index >= 15 is 0 Å². The Hall–Kier alpha value is 0.280. The molecule has 2 atom stereocenters.